The quantitative estimate of drug-likeness (QED) is 0.655. The molecule has 0 saturated carbocycles. The maximum Gasteiger partial charge on any atom is 0.0589 e. The molecule has 0 aromatic rings. The molecule has 3 heteroatoms. The summed E-state index contributed by atoms with van der Waals surface area (Å²) in [7, 11) is 1.77. The molecule has 1 N–H and O–H groups in total. The molecule has 0 amide bonds. The molecule has 0 spiro atoms. The van der Waals surface area contributed by atoms with Gasteiger partial charge in [-0.25, -0.2) is 0 Å². The minimum atomic E-state index is 0.528. The second kappa shape index (κ2) is 8.97. The van der Waals surface area contributed by atoms with Crippen LogP contribution in [0, 0.1) is 5.92 Å². The van der Waals surface area contributed by atoms with Gasteiger partial charge in [-0.3, -0.25) is 4.90 Å². The zero-order chi connectivity index (χ0) is 12.6. The van der Waals surface area contributed by atoms with Crippen molar-refractivity contribution in [2.75, 3.05) is 33.4 Å². The first-order valence-electron chi connectivity index (χ1n) is 6.49. The Bertz CT molecular complexity index is 162. The third-order valence-electron chi connectivity index (χ3n) is 3.01. The molecule has 16 heavy (non-hydrogen) atoms. The number of hydrogen-bond acceptors (Lipinski definition) is 3. The molecule has 3 nitrogen and oxygen atoms in total. The summed E-state index contributed by atoms with van der Waals surface area (Å²) in [5.74, 6) is 0.702. The fraction of sp³-hybridized carbons (Fsp3) is 1.00. The van der Waals surface area contributed by atoms with E-state index in [1.165, 1.54) is 0 Å². The summed E-state index contributed by atoms with van der Waals surface area (Å²) in [6, 6.07) is 1.08. The van der Waals surface area contributed by atoms with E-state index in [2.05, 4.69) is 44.8 Å². The molecule has 0 saturated heterocycles. The van der Waals surface area contributed by atoms with Crippen LogP contribution < -0.4 is 5.32 Å². The van der Waals surface area contributed by atoms with Crippen LogP contribution in [0.2, 0.25) is 0 Å². The largest absolute Gasteiger partial charge is 0.383 e. The summed E-state index contributed by atoms with van der Waals surface area (Å²) in [5, 5.41) is 3.49. The molecule has 0 aliphatic rings. The Labute approximate surface area is 102 Å². The highest BCUT2D eigenvalue weighted by Gasteiger charge is 2.19. The molecule has 98 valence electrons. The van der Waals surface area contributed by atoms with E-state index >= 15 is 0 Å². The van der Waals surface area contributed by atoms with Crippen molar-refractivity contribution in [1.29, 1.82) is 0 Å². The molecule has 2 unspecified atom stereocenters. The highest BCUT2D eigenvalue weighted by molar-refractivity contribution is 4.78. The molecular formula is C13H30N2O. The van der Waals surface area contributed by atoms with Crippen LogP contribution in [0.15, 0.2) is 0 Å². The van der Waals surface area contributed by atoms with Crippen molar-refractivity contribution in [3.8, 4) is 0 Å². The number of methoxy groups -OCH3 is 1. The molecule has 0 aliphatic heterocycles. The van der Waals surface area contributed by atoms with Crippen molar-refractivity contribution in [1.82, 2.24) is 10.2 Å². The third-order valence-corrected chi connectivity index (χ3v) is 3.01. The number of ether oxygens (including phenoxy) is 1. The first-order chi connectivity index (χ1) is 7.52. The van der Waals surface area contributed by atoms with Crippen molar-refractivity contribution in [2.45, 2.75) is 46.7 Å². The maximum atomic E-state index is 5.18. The number of nitrogens with one attached hydrogen (secondary N) is 1. The van der Waals surface area contributed by atoms with Crippen LogP contribution >= 0.6 is 0 Å². The first kappa shape index (κ1) is 15.9. The fourth-order valence-electron chi connectivity index (χ4n) is 1.95. The summed E-state index contributed by atoms with van der Waals surface area (Å²) in [5.41, 5.74) is 0. The van der Waals surface area contributed by atoms with Gasteiger partial charge in [0, 0.05) is 32.3 Å². The molecular weight excluding hydrogens is 200 g/mol. The molecule has 0 rings (SSSR count). The van der Waals surface area contributed by atoms with Crippen LogP contribution in [0.5, 0.6) is 0 Å². The molecule has 0 aromatic carbocycles. The molecule has 2 atom stereocenters. The number of rotatable bonds is 9. The van der Waals surface area contributed by atoms with Gasteiger partial charge in [0.25, 0.3) is 0 Å². The van der Waals surface area contributed by atoms with Crippen LogP contribution in [0.4, 0.5) is 0 Å². The van der Waals surface area contributed by atoms with Crippen molar-refractivity contribution in [3.05, 3.63) is 0 Å². The van der Waals surface area contributed by atoms with E-state index in [9.17, 15) is 0 Å². The summed E-state index contributed by atoms with van der Waals surface area (Å²) in [4.78, 5) is 2.52. The van der Waals surface area contributed by atoms with Crippen molar-refractivity contribution in [3.63, 3.8) is 0 Å². The van der Waals surface area contributed by atoms with Crippen molar-refractivity contribution in [2.24, 2.45) is 5.92 Å². The average molecular weight is 230 g/mol. The lowest BCUT2D eigenvalue weighted by Crippen LogP contribution is -2.49. The Balaban J connectivity index is 4.23. The zero-order valence-electron chi connectivity index (χ0n) is 11.9. The number of nitrogens with zero attached hydrogens (tertiary/aromatic N) is 1. The summed E-state index contributed by atoms with van der Waals surface area (Å²) >= 11 is 0. The lowest BCUT2D eigenvalue weighted by Gasteiger charge is -2.34. The topological polar surface area (TPSA) is 24.5 Å². The van der Waals surface area contributed by atoms with Crippen LogP contribution in [-0.4, -0.2) is 50.3 Å². The van der Waals surface area contributed by atoms with E-state index in [4.69, 9.17) is 4.74 Å². The van der Waals surface area contributed by atoms with Crippen LogP contribution in [0.25, 0.3) is 0 Å². The van der Waals surface area contributed by atoms with Gasteiger partial charge in [0.1, 0.15) is 0 Å². The van der Waals surface area contributed by atoms with Gasteiger partial charge in [0.15, 0.2) is 0 Å². The molecule has 0 aromatic heterocycles. The molecule has 0 fully saturated rings. The lowest BCUT2D eigenvalue weighted by atomic mass is 10.1. The van der Waals surface area contributed by atoms with E-state index in [1.54, 1.807) is 7.11 Å². The summed E-state index contributed by atoms with van der Waals surface area (Å²) in [6.45, 7) is 15.3. The zero-order valence-corrected chi connectivity index (χ0v) is 11.9. The Morgan fingerprint density at radius 1 is 1.19 bits per heavy atom. The van der Waals surface area contributed by atoms with Crippen molar-refractivity contribution < 1.29 is 4.74 Å². The van der Waals surface area contributed by atoms with E-state index in [1.807, 2.05) is 0 Å². The highest BCUT2D eigenvalue weighted by Crippen LogP contribution is 2.08. The molecule has 0 aliphatic carbocycles. The molecule has 0 heterocycles. The lowest BCUT2D eigenvalue weighted by molar-refractivity contribution is 0.102. The smallest absolute Gasteiger partial charge is 0.0589 e. The van der Waals surface area contributed by atoms with Gasteiger partial charge in [0.2, 0.25) is 0 Å². The third kappa shape index (κ3) is 6.46. The van der Waals surface area contributed by atoms with Gasteiger partial charge in [-0.15, -0.1) is 0 Å². The standard InChI is InChI=1S/C13H30N2O/c1-7-14-12(4)13(5)15(8-9-16-6)10-11(2)3/h11-14H,7-10H2,1-6H3. The Kier molecular flexibility index (Phi) is 8.90. The van der Waals surface area contributed by atoms with Crippen molar-refractivity contribution >= 4 is 0 Å². The van der Waals surface area contributed by atoms with Gasteiger partial charge in [-0.2, -0.15) is 0 Å². The normalized spacial score (nSPS) is 15.8. The Morgan fingerprint density at radius 3 is 2.25 bits per heavy atom. The van der Waals surface area contributed by atoms with Crippen LogP contribution in [0.1, 0.15) is 34.6 Å². The fourth-order valence-corrected chi connectivity index (χ4v) is 1.95. The Morgan fingerprint density at radius 2 is 1.81 bits per heavy atom. The molecule has 0 radical (unpaired) electrons. The minimum Gasteiger partial charge on any atom is -0.383 e. The number of likely N-dealkylation sites (N-methyl/N-ethyl adjacent to an activating group) is 1. The second-order valence-corrected chi connectivity index (χ2v) is 4.97. The second-order valence-electron chi connectivity index (χ2n) is 4.97. The predicted octanol–water partition coefficient (Wildman–Crippen LogP) is 1.98. The SMILES string of the molecule is CCNC(C)C(C)N(CCOC)CC(C)C. The average Bonchev–Trinajstić information content (AvgIpc) is 2.23. The molecule has 0 bridgehead atoms. The van der Waals surface area contributed by atoms with Crippen LogP contribution in [-0.2, 0) is 4.74 Å². The van der Waals surface area contributed by atoms with E-state index in [-0.39, 0.29) is 0 Å². The van der Waals surface area contributed by atoms with E-state index in [0.29, 0.717) is 18.0 Å². The monoisotopic (exact) mass is 230 g/mol. The number of hydrogen-bond donors (Lipinski definition) is 1. The van der Waals surface area contributed by atoms with Crippen LogP contribution in [0.3, 0.4) is 0 Å². The first-order valence-corrected chi connectivity index (χ1v) is 6.49. The van der Waals surface area contributed by atoms with Gasteiger partial charge in [-0.1, -0.05) is 20.8 Å². The van der Waals surface area contributed by atoms with Gasteiger partial charge in [-0.05, 0) is 26.3 Å². The van der Waals surface area contributed by atoms with Gasteiger partial charge >= 0.3 is 0 Å². The summed E-state index contributed by atoms with van der Waals surface area (Å²) < 4.78 is 5.18. The van der Waals surface area contributed by atoms with E-state index in [0.717, 1.165) is 26.2 Å². The highest BCUT2D eigenvalue weighted by atomic mass is 16.5. The minimum absolute atomic E-state index is 0.528. The predicted molar refractivity (Wildman–Crippen MR) is 70.9 cm³/mol. The van der Waals surface area contributed by atoms with Gasteiger partial charge < -0.3 is 10.1 Å². The van der Waals surface area contributed by atoms with E-state index < -0.39 is 0 Å². The Hall–Kier alpha value is -0.120. The van der Waals surface area contributed by atoms with Gasteiger partial charge in [0.05, 0.1) is 6.61 Å². The maximum absolute atomic E-state index is 5.18. The summed E-state index contributed by atoms with van der Waals surface area (Å²) in [6.07, 6.45) is 0.